The molecule has 13 nitrogen and oxygen atoms in total. The van der Waals surface area contributed by atoms with Crippen LogP contribution < -0.4 is 16.0 Å². The van der Waals surface area contributed by atoms with Crippen molar-refractivity contribution in [3.05, 3.63) is 120 Å². The number of aliphatic hydroxyl groups is 1. The van der Waals surface area contributed by atoms with E-state index >= 15 is 0 Å². The number of hydrogen-bond donors (Lipinski definition) is 5. The van der Waals surface area contributed by atoms with Crippen LogP contribution in [0.5, 0.6) is 0 Å². The Labute approximate surface area is 347 Å². The molecule has 314 valence electrons. The van der Waals surface area contributed by atoms with Crippen LogP contribution in [0.2, 0.25) is 0 Å². The molecule has 6 atom stereocenters. The van der Waals surface area contributed by atoms with Crippen molar-refractivity contribution in [3.63, 3.8) is 0 Å². The number of benzene rings is 2. The number of urea groups is 1. The number of rotatable bonds is 18. The van der Waals surface area contributed by atoms with E-state index in [1.807, 2.05) is 112 Å². The van der Waals surface area contributed by atoms with Gasteiger partial charge >= 0.3 is 12.1 Å². The molecule has 0 aliphatic carbocycles. The molecular formula is C46H59N7O6. The summed E-state index contributed by atoms with van der Waals surface area (Å²) in [6.07, 6.45) is 0.506. The number of pyridine rings is 2. The first-order chi connectivity index (χ1) is 28.1. The summed E-state index contributed by atoms with van der Waals surface area (Å²) < 4.78 is 0. The van der Waals surface area contributed by atoms with Crippen molar-refractivity contribution in [2.45, 2.75) is 104 Å². The number of nitrogens with zero attached hydrogens (tertiary/aromatic N) is 4. The standard InChI is InChI=1S/C46H59N7O6/c1-7-30(2)40(53-25-24-52(45(53)59)29-35-17-13-14-31(3)48-35)42(55)50-38(27-32-15-9-8-10-16-32)39(54)28-36(49-43(56)41(46(4,5)6)51-44(57)58)26-33-19-21-34(22-20-33)37-18-11-12-23-47-37/h8-23,30,36,38-41,51,54H,7,24-29H2,1-6H3,(H,49,56)(H,50,55)(H,57,58)/t30?,36-,38+,39+,40+,41-/m1/s1. The minimum atomic E-state index is -1.32. The maximum absolute atomic E-state index is 14.5. The van der Waals surface area contributed by atoms with Gasteiger partial charge in [0.25, 0.3) is 0 Å². The Morgan fingerprint density at radius 2 is 1.53 bits per heavy atom. The lowest BCUT2D eigenvalue weighted by Gasteiger charge is -2.35. The minimum Gasteiger partial charge on any atom is -0.465 e. The number of nitrogens with one attached hydrogen (secondary N) is 3. The molecule has 0 radical (unpaired) electrons. The lowest BCUT2D eigenvalue weighted by molar-refractivity contribution is -0.129. The molecule has 1 unspecified atom stereocenters. The molecule has 3 heterocycles. The second kappa shape index (κ2) is 20.2. The fraction of sp³-hybridized carbons (Fsp3) is 0.435. The van der Waals surface area contributed by atoms with E-state index in [2.05, 4.69) is 25.9 Å². The van der Waals surface area contributed by atoms with Crippen LogP contribution in [-0.4, -0.2) is 97.3 Å². The lowest BCUT2D eigenvalue weighted by atomic mass is 9.85. The third-order valence-corrected chi connectivity index (χ3v) is 11.0. The summed E-state index contributed by atoms with van der Waals surface area (Å²) in [6.45, 7) is 12.3. The zero-order chi connectivity index (χ0) is 42.7. The van der Waals surface area contributed by atoms with E-state index in [0.717, 1.165) is 33.8 Å². The van der Waals surface area contributed by atoms with Crippen LogP contribution in [0.3, 0.4) is 0 Å². The highest BCUT2D eigenvalue weighted by Crippen LogP contribution is 2.25. The number of aryl methyl sites for hydroxylation is 1. The van der Waals surface area contributed by atoms with E-state index in [1.165, 1.54) is 0 Å². The Hall–Kier alpha value is -5.82. The number of aliphatic hydroxyl groups excluding tert-OH is 1. The molecule has 0 spiro atoms. The van der Waals surface area contributed by atoms with Gasteiger partial charge in [0.05, 0.1) is 30.1 Å². The van der Waals surface area contributed by atoms with E-state index < -0.39 is 47.7 Å². The first kappa shape index (κ1) is 44.3. The second-order valence-corrected chi connectivity index (χ2v) is 16.7. The van der Waals surface area contributed by atoms with Gasteiger partial charge in [-0.3, -0.25) is 19.6 Å². The third-order valence-electron chi connectivity index (χ3n) is 11.0. The van der Waals surface area contributed by atoms with Crippen LogP contribution >= 0.6 is 0 Å². The summed E-state index contributed by atoms with van der Waals surface area (Å²) in [6, 6.07) is 25.1. The lowest BCUT2D eigenvalue weighted by Crippen LogP contribution is -2.58. The van der Waals surface area contributed by atoms with Gasteiger partial charge in [-0.15, -0.1) is 0 Å². The first-order valence-corrected chi connectivity index (χ1v) is 20.4. The SMILES string of the molecule is CCC(C)[C@@H](C(=O)N[C@@H](Cc1ccccc1)[C@@H](O)C[C@@H](Cc1ccc(-c2ccccn2)cc1)NC(=O)[C@@H](NC(=O)O)C(C)(C)C)N1CCN(Cc2cccc(C)n2)C1=O. The van der Waals surface area contributed by atoms with Gasteiger partial charge in [0.15, 0.2) is 0 Å². The molecule has 0 bridgehead atoms. The van der Waals surface area contributed by atoms with E-state index in [9.17, 15) is 29.4 Å². The van der Waals surface area contributed by atoms with Crippen LogP contribution in [0.4, 0.5) is 9.59 Å². The number of aromatic nitrogens is 2. The fourth-order valence-electron chi connectivity index (χ4n) is 7.60. The van der Waals surface area contributed by atoms with Crippen molar-refractivity contribution in [1.29, 1.82) is 0 Å². The predicted octanol–water partition coefficient (Wildman–Crippen LogP) is 5.99. The summed E-state index contributed by atoms with van der Waals surface area (Å²) in [5.74, 6) is -1.09. The summed E-state index contributed by atoms with van der Waals surface area (Å²) in [5.41, 5.74) is 4.36. The van der Waals surface area contributed by atoms with Gasteiger partial charge in [0.2, 0.25) is 11.8 Å². The van der Waals surface area contributed by atoms with Gasteiger partial charge in [-0.05, 0) is 72.9 Å². The molecule has 5 N–H and O–H groups in total. The minimum absolute atomic E-state index is 0.0311. The molecule has 1 aliphatic rings. The van der Waals surface area contributed by atoms with Crippen LogP contribution in [-0.2, 0) is 29.0 Å². The van der Waals surface area contributed by atoms with E-state index in [4.69, 9.17) is 0 Å². The van der Waals surface area contributed by atoms with Crippen molar-refractivity contribution in [2.75, 3.05) is 13.1 Å². The Morgan fingerprint density at radius 1 is 0.831 bits per heavy atom. The van der Waals surface area contributed by atoms with Gasteiger partial charge < -0.3 is 36.0 Å². The molecular weight excluding hydrogens is 747 g/mol. The maximum atomic E-state index is 14.5. The maximum Gasteiger partial charge on any atom is 0.405 e. The largest absolute Gasteiger partial charge is 0.465 e. The van der Waals surface area contributed by atoms with Gasteiger partial charge in [-0.25, -0.2) is 9.59 Å². The molecule has 1 fully saturated rings. The number of hydrogen-bond acceptors (Lipinski definition) is 7. The number of carbonyl (C=O) groups is 4. The average molecular weight is 806 g/mol. The molecule has 5 rings (SSSR count). The predicted molar refractivity (Wildman–Crippen MR) is 227 cm³/mol. The zero-order valence-corrected chi connectivity index (χ0v) is 35.0. The van der Waals surface area contributed by atoms with Crippen molar-refractivity contribution >= 4 is 23.9 Å². The number of carbonyl (C=O) groups excluding carboxylic acids is 3. The monoisotopic (exact) mass is 805 g/mol. The molecule has 1 aliphatic heterocycles. The van der Waals surface area contributed by atoms with Crippen LogP contribution in [0.25, 0.3) is 11.3 Å². The van der Waals surface area contributed by atoms with Gasteiger partial charge in [0, 0.05) is 36.6 Å². The van der Waals surface area contributed by atoms with Crippen LogP contribution in [0, 0.1) is 18.3 Å². The van der Waals surface area contributed by atoms with Gasteiger partial charge in [-0.2, -0.15) is 0 Å². The Bertz CT molecular complexity index is 2010. The highest BCUT2D eigenvalue weighted by Gasteiger charge is 2.41. The van der Waals surface area contributed by atoms with Gasteiger partial charge in [-0.1, -0.05) is 108 Å². The van der Waals surface area contributed by atoms with Crippen molar-refractivity contribution < 1.29 is 29.4 Å². The van der Waals surface area contributed by atoms with E-state index in [-0.39, 0.29) is 30.7 Å². The summed E-state index contributed by atoms with van der Waals surface area (Å²) in [7, 11) is 0. The van der Waals surface area contributed by atoms with Crippen LogP contribution in [0.1, 0.15) is 70.0 Å². The molecule has 1 saturated heterocycles. The normalized spacial score (nSPS) is 16.1. The number of carboxylic acid groups (broad SMARTS) is 1. The molecule has 4 aromatic rings. The number of amides is 5. The zero-order valence-electron chi connectivity index (χ0n) is 35.0. The van der Waals surface area contributed by atoms with Crippen molar-refractivity contribution in [1.82, 2.24) is 35.7 Å². The van der Waals surface area contributed by atoms with E-state index in [0.29, 0.717) is 32.5 Å². The van der Waals surface area contributed by atoms with Gasteiger partial charge in [0.1, 0.15) is 12.1 Å². The fourth-order valence-corrected chi connectivity index (χ4v) is 7.60. The van der Waals surface area contributed by atoms with Crippen molar-refractivity contribution in [3.8, 4) is 11.3 Å². The molecule has 13 heteroatoms. The molecule has 5 amide bonds. The average Bonchev–Trinajstić information content (AvgIpc) is 3.55. The van der Waals surface area contributed by atoms with Crippen LogP contribution in [0.15, 0.2) is 97.2 Å². The molecule has 2 aromatic heterocycles. The van der Waals surface area contributed by atoms with Crippen molar-refractivity contribution in [2.24, 2.45) is 11.3 Å². The topological polar surface area (TPSA) is 177 Å². The Kier molecular flexibility index (Phi) is 15.2. The highest BCUT2D eigenvalue weighted by molar-refractivity contribution is 5.88. The smallest absolute Gasteiger partial charge is 0.405 e. The first-order valence-electron chi connectivity index (χ1n) is 20.4. The second-order valence-electron chi connectivity index (χ2n) is 16.7. The Morgan fingerprint density at radius 3 is 2.15 bits per heavy atom. The Balaban J connectivity index is 1.41. The summed E-state index contributed by atoms with van der Waals surface area (Å²) in [5, 5.41) is 30.3. The highest BCUT2D eigenvalue weighted by atomic mass is 16.4. The summed E-state index contributed by atoms with van der Waals surface area (Å²) in [4.78, 5) is 66.4. The van der Waals surface area contributed by atoms with E-state index in [1.54, 1.807) is 36.8 Å². The summed E-state index contributed by atoms with van der Waals surface area (Å²) >= 11 is 0. The molecule has 0 saturated carbocycles. The molecule has 59 heavy (non-hydrogen) atoms. The third kappa shape index (κ3) is 12.3. The quantitative estimate of drug-likeness (QED) is 0.0815. The molecule has 2 aromatic carbocycles.